The van der Waals surface area contributed by atoms with Crippen molar-refractivity contribution in [3.63, 3.8) is 0 Å². The van der Waals surface area contributed by atoms with Crippen LogP contribution in [-0.4, -0.2) is 24.0 Å². The van der Waals surface area contributed by atoms with E-state index in [0.717, 1.165) is 12.8 Å². The molecule has 0 bridgehead atoms. The van der Waals surface area contributed by atoms with E-state index >= 15 is 0 Å². The molecule has 1 aromatic rings. The van der Waals surface area contributed by atoms with E-state index < -0.39 is 0 Å². The molecule has 0 aromatic carbocycles. The first-order chi connectivity index (χ1) is 6.79. The van der Waals surface area contributed by atoms with E-state index in [1.807, 2.05) is 0 Å². The minimum absolute atomic E-state index is 0.0480. The second-order valence-corrected chi connectivity index (χ2v) is 3.33. The molecule has 0 saturated heterocycles. The fraction of sp³-hybridized carbons (Fsp3) is 0.400. The summed E-state index contributed by atoms with van der Waals surface area (Å²) < 4.78 is 4.93. The predicted molar refractivity (Wildman–Crippen MR) is 51.3 cm³/mol. The normalized spacial score (nSPS) is 14.9. The van der Waals surface area contributed by atoms with Crippen molar-refractivity contribution in [2.75, 3.05) is 7.11 Å². The highest BCUT2D eigenvalue weighted by Gasteiger charge is 2.23. The molecule has 4 nitrogen and oxygen atoms in total. The number of nitrogens with one attached hydrogen (secondary N) is 1. The first-order valence-corrected chi connectivity index (χ1v) is 4.60. The zero-order valence-corrected chi connectivity index (χ0v) is 7.99. The molecule has 1 amide bonds. The molecule has 0 aliphatic heterocycles. The Labute approximate surface area is 82.3 Å². The van der Waals surface area contributed by atoms with Gasteiger partial charge in [0.25, 0.3) is 5.91 Å². The SMILES string of the molecule is COc1cc(C(=O)NC2CC2)ccn1. The van der Waals surface area contributed by atoms with Crippen LogP contribution in [0.2, 0.25) is 0 Å². The minimum Gasteiger partial charge on any atom is -0.481 e. The number of carbonyl (C=O) groups excluding carboxylic acids is 1. The van der Waals surface area contributed by atoms with Crippen LogP contribution >= 0.6 is 0 Å². The molecule has 0 atom stereocenters. The van der Waals surface area contributed by atoms with Crippen molar-refractivity contribution in [3.05, 3.63) is 23.9 Å². The Morgan fingerprint density at radius 2 is 2.43 bits per heavy atom. The number of hydrogen-bond acceptors (Lipinski definition) is 3. The van der Waals surface area contributed by atoms with Crippen molar-refractivity contribution < 1.29 is 9.53 Å². The average molecular weight is 192 g/mol. The van der Waals surface area contributed by atoms with Gasteiger partial charge in [-0.2, -0.15) is 0 Å². The molecule has 0 radical (unpaired) electrons. The maximum absolute atomic E-state index is 11.6. The van der Waals surface area contributed by atoms with E-state index in [-0.39, 0.29) is 5.91 Å². The second-order valence-electron chi connectivity index (χ2n) is 3.33. The lowest BCUT2D eigenvalue weighted by atomic mass is 10.2. The smallest absolute Gasteiger partial charge is 0.251 e. The van der Waals surface area contributed by atoms with Crippen molar-refractivity contribution in [1.29, 1.82) is 0 Å². The number of aromatic nitrogens is 1. The van der Waals surface area contributed by atoms with Gasteiger partial charge in [-0.25, -0.2) is 4.98 Å². The van der Waals surface area contributed by atoms with Gasteiger partial charge in [0.2, 0.25) is 5.88 Å². The molecule has 1 heterocycles. The minimum atomic E-state index is -0.0480. The molecule has 1 aliphatic carbocycles. The lowest BCUT2D eigenvalue weighted by molar-refractivity contribution is 0.0950. The third kappa shape index (κ3) is 2.02. The van der Waals surface area contributed by atoms with Crippen molar-refractivity contribution in [2.45, 2.75) is 18.9 Å². The first-order valence-electron chi connectivity index (χ1n) is 4.60. The summed E-state index contributed by atoms with van der Waals surface area (Å²) in [5.41, 5.74) is 0.601. The number of carbonyl (C=O) groups is 1. The Bertz CT molecular complexity index is 348. The summed E-state index contributed by atoms with van der Waals surface area (Å²) in [5, 5.41) is 2.90. The molecule has 1 fully saturated rings. The fourth-order valence-corrected chi connectivity index (χ4v) is 1.16. The van der Waals surface area contributed by atoms with Crippen molar-refractivity contribution in [2.24, 2.45) is 0 Å². The monoisotopic (exact) mass is 192 g/mol. The molecular formula is C10H12N2O2. The van der Waals surface area contributed by atoms with Crippen LogP contribution in [0.1, 0.15) is 23.2 Å². The van der Waals surface area contributed by atoms with Gasteiger partial charge in [0, 0.05) is 23.9 Å². The summed E-state index contributed by atoms with van der Waals surface area (Å²) in [4.78, 5) is 15.5. The van der Waals surface area contributed by atoms with Crippen LogP contribution in [0.3, 0.4) is 0 Å². The van der Waals surface area contributed by atoms with Crippen LogP contribution < -0.4 is 10.1 Å². The van der Waals surface area contributed by atoms with Crippen LogP contribution in [0.4, 0.5) is 0 Å². The number of pyridine rings is 1. The summed E-state index contributed by atoms with van der Waals surface area (Å²) in [5.74, 6) is 0.418. The molecule has 14 heavy (non-hydrogen) atoms. The zero-order chi connectivity index (χ0) is 9.97. The van der Waals surface area contributed by atoms with Gasteiger partial charge in [0.1, 0.15) is 0 Å². The third-order valence-electron chi connectivity index (χ3n) is 2.12. The Morgan fingerprint density at radius 3 is 3.07 bits per heavy atom. The highest BCUT2D eigenvalue weighted by molar-refractivity contribution is 5.94. The summed E-state index contributed by atoms with van der Waals surface area (Å²) in [6.07, 6.45) is 3.75. The standard InChI is InChI=1S/C10H12N2O2/c1-14-9-6-7(4-5-11-9)10(13)12-8-2-3-8/h4-6,8H,2-3H2,1H3,(H,12,13). The van der Waals surface area contributed by atoms with Gasteiger partial charge in [-0.1, -0.05) is 0 Å². The van der Waals surface area contributed by atoms with Crippen LogP contribution in [0, 0.1) is 0 Å². The Hall–Kier alpha value is -1.58. The molecule has 1 aromatic heterocycles. The number of rotatable bonds is 3. The number of methoxy groups -OCH3 is 1. The molecule has 74 valence electrons. The summed E-state index contributed by atoms with van der Waals surface area (Å²) in [6, 6.07) is 3.69. The van der Waals surface area contributed by atoms with Gasteiger partial charge in [-0.15, -0.1) is 0 Å². The Kier molecular flexibility index (Phi) is 2.35. The fourth-order valence-electron chi connectivity index (χ4n) is 1.16. The highest BCUT2D eigenvalue weighted by Crippen LogP contribution is 2.19. The van der Waals surface area contributed by atoms with Gasteiger partial charge in [0.15, 0.2) is 0 Å². The van der Waals surface area contributed by atoms with E-state index in [2.05, 4.69) is 10.3 Å². The molecule has 1 saturated carbocycles. The lowest BCUT2D eigenvalue weighted by Gasteiger charge is -2.04. The van der Waals surface area contributed by atoms with Gasteiger partial charge < -0.3 is 10.1 Å². The maximum atomic E-state index is 11.6. The van der Waals surface area contributed by atoms with Crippen LogP contribution in [0.15, 0.2) is 18.3 Å². The molecule has 4 heteroatoms. The van der Waals surface area contributed by atoms with Crippen LogP contribution in [0.5, 0.6) is 5.88 Å². The first kappa shape index (κ1) is 8.99. The van der Waals surface area contributed by atoms with E-state index in [0.29, 0.717) is 17.5 Å². The van der Waals surface area contributed by atoms with Gasteiger partial charge in [-0.05, 0) is 18.9 Å². The topological polar surface area (TPSA) is 51.2 Å². The largest absolute Gasteiger partial charge is 0.481 e. The number of hydrogen-bond donors (Lipinski definition) is 1. The van der Waals surface area contributed by atoms with Gasteiger partial charge in [-0.3, -0.25) is 4.79 Å². The number of amides is 1. The summed E-state index contributed by atoms with van der Waals surface area (Å²) in [6.45, 7) is 0. The zero-order valence-electron chi connectivity index (χ0n) is 7.99. The van der Waals surface area contributed by atoms with E-state index in [1.54, 1.807) is 18.3 Å². The molecule has 1 aliphatic rings. The number of nitrogens with zero attached hydrogens (tertiary/aromatic N) is 1. The number of ether oxygens (including phenoxy) is 1. The van der Waals surface area contributed by atoms with Crippen molar-refractivity contribution in [3.8, 4) is 5.88 Å². The Balaban J connectivity index is 2.09. The molecule has 0 unspecified atom stereocenters. The average Bonchev–Trinajstić information content (AvgIpc) is 3.02. The lowest BCUT2D eigenvalue weighted by Crippen LogP contribution is -2.25. The van der Waals surface area contributed by atoms with Crippen molar-refractivity contribution in [1.82, 2.24) is 10.3 Å². The summed E-state index contributed by atoms with van der Waals surface area (Å²) >= 11 is 0. The predicted octanol–water partition coefficient (Wildman–Crippen LogP) is 0.982. The van der Waals surface area contributed by atoms with E-state index in [9.17, 15) is 4.79 Å². The van der Waals surface area contributed by atoms with Gasteiger partial charge >= 0.3 is 0 Å². The second kappa shape index (κ2) is 3.65. The Morgan fingerprint density at radius 1 is 1.64 bits per heavy atom. The van der Waals surface area contributed by atoms with Crippen molar-refractivity contribution >= 4 is 5.91 Å². The van der Waals surface area contributed by atoms with Crippen LogP contribution in [-0.2, 0) is 0 Å². The maximum Gasteiger partial charge on any atom is 0.251 e. The third-order valence-corrected chi connectivity index (χ3v) is 2.12. The molecule has 1 N–H and O–H groups in total. The van der Waals surface area contributed by atoms with E-state index in [4.69, 9.17) is 4.74 Å². The quantitative estimate of drug-likeness (QED) is 0.776. The molecular weight excluding hydrogens is 180 g/mol. The highest BCUT2D eigenvalue weighted by atomic mass is 16.5. The van der Waals surface area contributed by atoms with Gasteiger partial charge in [0.05, 0.1) is 7.11 Å². The molecule has 2 rings (SSSR count). The van der Waals surface area contributed by atoms with Crippen LogP contribution in [0.25, 0.3) is 0 Å². The van der Waals surface area contributed by atoms with E-state index in [1.165, 1.54) is 7.11 Å². The summed E-state index contributed by atoms with van der Waals surface area (Å²) in [7, 11) is 1.53. The molecule has 0 spiro atoms.